The van der Waals surface area contributed by atoms with Crippen LogP contribution in [0.25, 0.3) is 6.08 Å². The fraction of sp³-hybridized carbons (Fsp3) is 0.115. The van der Waals surface area contributed by atoms with Gasteiger partial charge in [0, 0.05) is 26.4 Å². The minimum absolute atomic E-state index is 0.127. The van der Waals surface area contributed by atoms with E-state index in [0.29, 0.717) is 27.7 Å². The number of nitrogens with zero attached hydrogens (tertiary/aromatic N) is 1. The lowest BCUT2D eigenvalue weighted by Crippen LogP contribution is -2.21. The lowest BCUT2D eigenvalue weighted by Gasteiger charge is -2.12. The Balaban J connectivity index is 1.74. The zero-order chi connectivity index (χ0) is 24.7. The standard InChI is InChI=1S/C26H21BrClN3O3/c1-16-3-9-23(17(2)11-16)31-25(32)15-34-24-10-4-20(27)13-18(24)12-19(14-29)26(33)30-22-7-5-21(28)6-8-22/h3-13H,15H2,1-2H3,(H,30,33)(H,31,32)/b19-12-. The highest BCUT2D eigenvalue weighted by molar-refractivity contribution is 9.10. The number of benzene rings is 3. The van der Waals surface area contributed by atoms with Gasteiger partial charge in [0.25, 0.3) is 11.8 Å². The van der Waals surface area contributed by atoms with Crippen LogP contribution in [0.4, 0.5) is 11.4 Å². The van der Waals surface area contributed by atoms with E-state index in [1.165, 1.54) is 6.08 Å². The maximum atomic E-state index is 12.6. The van der Waals surface area contributed by atoms with Crippen LogP contribution in [-0.2, 0) is 9.59 Å². The summed E-state index contributed by atoms with van der Waals surface area (Å²) in [7, 11) is 0. The molecule has 0 aliphatic carbocycles. The van der Waals surface area contributed by atoms with E-state index in [1.807, 2.05) is 38.1 Å². The summed E-state index contributed by atoms with van der Waals surface area (Å²) in [6.07, 6.45) is 1.41. The van der Waals surface area contributed by atoms with Crippen molar-refractivity contribution in [3.05, 3.63) is 92.4 Å². The van der Waals surface area contributed by atoms with Crippen LogP contribution >= 0.6 is 27.5 Å². The molecule has 3 rings (SSSR count). The molecule has 0 saturated carbocycles. The van der Waals surface area contributed by atoms with Crippen molar-refractivity contribution in [2.45, 2.75) is 13.8 Å². The monoisotopic (exact) mass is 537 g/mol. The fourth-order valence-electron chi connectivity index (χ4n) is 3.08. The summed E-state index contributed by atoms with van der Waals surface area (Å²) >= 11 is 9.25. The maximum Gasteiger partial charge on any atom is 0.266 e. The number of hydrogen-bond acceptors (Lipinski definition) is 4. The molecule has 0 aromatic heterocycles. The Hall–Kier alpha value is -3.60. The van der Waals surface area contributed by atoms with E-state index in [-0.39, 0.29) is 18.1 Å². The average molecular weight is 539 g/mol. The van der Waals surface area contributed by atoms with E-state index in [0.717, 1.165) is 15.6 Å². The van der Waals surface area contributed by atoms with Crippen LogP contribution in [0.3, 0.4) is 0 Å². The molecule has 0 aliphatic rings. The molecule has 6 nitrogen and oxygen atoms in total. The van der Waals surface area contributed by atoms with Gasteiger partial charge in [-0.3, -0.25) is 9.59 Å². The topological polar surface area (TPSA) is 91.2 Å². The summed E-state index contributed by atoms with van der Waals surface area (Å²) in [5.74, 6) is -0.555. The second-order valence-corrected chi connectivity index (χ2v) is 8.82. The third-order valence-electron chi connectivity index (χ3n) is 4.75. The first-order valence-electron chi connectivity index (χ1n) is 10.2. The van der Waals surface area contributed by atoms with Crippen molar-refractivity contribution in [1.29, 1.82) is 5.26 Å². The first-order valence-corrected chi connectivity index (χ1v) is 11.4. The molecule has 2 amide bonds. The smallest absolute Gasteiger partial charge is 0.266 e. The van der Waals surface area contributed by atoms with E-state index in [1.54, 1.807) is 42.5 Å². The van der Waals surface area contributed by atoms with E-state index in [4.69, 9.17) is 16.3 Å². The number of halogens is 2. The molecule has 2 N–H and O–H groups in total. The van der Waals surface area contributed by atoms with Gasteiger partial charge >= 0.3 is 0 Å². The highest BCUT2D eigenvalue weighted by Crippen LogP contribution is 2.26. The molecule has 0 fully saturated rings. The molecular weight excluding hydrogens is 518 g/mol. The molecule has 0 radical (unpaired) electrons. The van der Waals surface area contributed by atoms with Crippen LogP contribution in [0.15, 0.2) is 70.7 Å². The van der Waals surface area contributed by atoms with Gasteiger partial charge in [0.05, 0.1) is 0 Å². The van der Waals surface area contributed by atoms with Gasteiger partial charge in [-0.05, 0) is 74.0 Å². The van der Waals surface area contributed by atoms with Gasteiger partial charge in [-0.2, -0.15) is 5.26 Å². The predicted molar refractivity (Wildman–Crippen MR) is 138 cm³/mol. The van der Waals surface area contributed by atoms with Gasteiger partial charge in [-0.15, -0.1) is 0 Å². The minimum Gasteiger partial charge on any atom is -0.483 e. The number of carbonyl (C=O) groups excluding carboxylic acids is 2. The molecular formula is C26H21BrClN3O3. The first kappa shape index (κ1) is 25.0. The zero-order valence-electron chi connectivity index (χ0n) is 18.5. The molecule has 34 heavy (non-hydrogen) atoms. The lowest BCUT2D eigenvalue weighted by molar-refractivity contribution is -0.118. The van der Waals surface area contributed by atoms with E-state index >= 15 is 0 Å². The number of amides is 2. The van der Waals surface area contributed by atoms with Gasteiger partial charge in [0.15, 0.2) is 6.61 Å². The molecule has 8 heteroatoms. The molecule has 0 bridgehead atoms. The molecule has 0 spiro atoms. The van der Waals surface area contributed by atoms with Gasteiger partial charge < -0.3 is 15.4 Å². The van der Waals surface area contributed by atoms with Gasteiger partial charge in [0.1, 0.15) is 17.4 Å². The number of aryl methyl sites for hydroxylation is 2. The number of hydrogen-bond donors (Lipinski definition) is 2. The average Bonchev–Trinajstić information content (AvgIpc) is 2.80. The Morgan fingerprint density at radius 3 is 2.47 bits per heavy atom. The van der Waals surface area contributed by atoms with Gasteiger partial charge in [-0.25, -0.2) is 0 Å². The van der Waals surface area contributed by atoms with E-state index in [9.17, 15) is 14.9 Å². The molecule has 0 heterocycles. The second-order valence-electron chi connectivity index (χ2n) is 7.47. The van der Waals surface area contributed by atoms with Crippen LogP contribution in [0.5, 0.6) is 5.75 Å². The SMILES string of the molecule is Cc1ccc(NC(=O)COc2ccc(Br)cc2/C=C(/C#N)C(=O)Nc2ccc(Cl)cc2)c(C)c1. The molecule has 0 unspecified atom stereocenters. The van der Waals surface area contributed by atoms with Crippen molar-refractivity contribution in [3.8, 4) is 11.8 Å². The Morgan fingerprint density at radius 2 is 1.79 bits per heavy atom. The van der Waals surface area contributed by atoms with Crippen LogP contribution < -0.4 is 15.4 Å². The maximum absolute atomic E-state index is 12.6. The van der Waals surface area contributed by atoms with Crippen molar-refractivity contribution in [2.24, 2.45) is 0 Å². The predicted octanol–water partition coefficient (Wildman–Crippen LogP) is 6.28. The molecule has 172 valence electrons. The second kappa shape index (κ2) is 11.5. The highest BCUT2D eigenvalue weighted by Gasteiger charge is 2.13. The third kappa shape index (κ3) is 6.95. The highest BCUT2D eigenvalue weighted by atomic mass is 79.9. The van der Waals surface area contributed by atoms with Gasteiger partial charge in [-0.1, -0.05) is 45.2 Å². The molecule has 0 aliphatic heterocycles. The van der Waals surface area contributed by atoms with E-state index < -0.39 is 5.91 Å². The molecule has 3 aromatic rings. The fourth-order valence-corrected chi connectivity index (χ4v) is 3.59. The van der Waals surface area contributed by atoms with Crippen molar-refractivity contribution >= 4 is 56.8 Å². The lowest BCUT2D eigenvalue weighted by atomic mass is 10.1. The number of nitriles is 1. The quantitative estimate of drug-likeness (QED) is 0.273. The first-order chi connectivity index (χ1) is 16.2. The number of anilines is 2. The normalized spacial score (nSPS) is 10.9. The summed E-state index contributed by atoms with van der Waals surface area (Å²) in [5, 5.41) is 15.6. The molecule has 0 atom stereocenters. The Kier molecular flexibility index (Phi) is 8.47. The summed E-state index contributed by atoms with van der Waals surface area (Å²) in [6, 6.07) is 19.3. The van der Waals surface area contributed by atoms with Crippen LogP contribution in [-0.4, -0.2) is 18.4 Å². The Labute approximate surface area is 211 Å². The summed E-state index contributed by atoms with van der Waals surface area (Å²) in [6.45, 7) is 3.66. The number of nitrogens with one attached hydrogen (secondary N) is 2. The van der Waals surface area contributed by atoms with Crippen molar-refractivity contribution in [3.63, 3.8) is 0 Å². The van der Waals surface area contributed by atoms with Crippen LogP contribution in [0, 0.1) is 25.2 Å². The van der Waals surface area contributed by atoms with Crippen molar-refractivity contribution in [2.75, 3.05) is 17.2 Å². The summed E-state index contributed by atoms with van der Waals surface area (Å²) in [5.41, 5.74) is 3.61. The minimum atomic E-state index is -0.580. The number of rotatable bonds is 7. The number of ether oxygens (including phenoxy) is 1. The number of carbonyl (C=O) groups is 2. The largest absolute Gasteiger partial charge is 0.483 e. The third-order valence-corrected chi connectivity index (χ3v) is 5.50. The van der Waals surface area contributed by atoms with Gasteiger partial charge in [0.2, 0.25) is 0 Å². The molecule has 0 saturated heterocycles. The van der Waals surface area contributed by atoms with Crippen LogP contribution in [0.1, 0.15) is 16.7 Å². The summed E-state index contributed by atoms with van der Waals surface area (Å²) < 4.78 is 6.44. The Morgan fingerprint density at radius 1 is 1.06 bits per heavy atom. The van der Waals surface area contributed by atoms with Crippen molar-refractivity contribution in [1.82, 2.24) is 0 Å². The van der Waals surface area contributed by atoms with Crippen molar-refractivity contribution < 1.29 is 14.3 Å². The summed E-state index contributed by atoms with van der Waals surface area (Å²) in [4.78, 5) is 25.0. The zero-order valence-corrected chi connectivity index (χ0v) is 20.8. The molecule has 3 aromatic carbocycles. The van der Waals surface area contributed by atoms with E-state index in [2.05, 4.69) is 26.6 Å². The van der Waals surface area contributed by atoms with Crippen LogP contribution in [0.2, 0.25) is 5.02 Å². The Bertz CT molecular complexity index is 1300.